The average molecular weight is 565 g/mol. The van der Waals surface area contributed by atoms with Gasteiger partial charge in [0.25, 0.3) is 11.8 Å². The number of benzene rings is 3. The van der Waals surface area contributed by atoms with Crippen LogP contribution in [0.2, 0.25) is 0 Å². The third kappa shape index (κ3) is 5.01. The van der Waals surface area contributed by atoms with E-state index in [9.17, 15) is 14.4 Å². The summed E-state index contributed by atoms with van der Waals surface area (Å²) in [6.45, 7) is 2.59. The molecule has 10 heteroatoms. The first-order valence-corrected chi connectivity index (χ1v) is 12.2. The van der Waals surface area contributed by atoms with Crippen LogP contribution >= 0.6 is 15.9 Å². The molecule has 0 aromatic heterocycles. The zero-order chi connectivity index (χ0) is 25.9. The van der Waals surface area contributed by atoms with Gasteiger partial charge in [-0.15, -0.1) is 0 Å². The smallest absolute Gasteiger partial charge is 0.335 e. The summed E-state index contributed by atoms with van der Waals surface area (Å²) in [5, 5.41) is 2.22. The van der Waals surface area contributed by atoms with Gasteiger partial charge in [-0.3, -0.25) is 14.9 Å². The quantitative estimate of drug-likeness (QED) is 0.324. The minimum Gasteiger partial charge on any atom is -0.490 e. The molecule has 5 rings (SSSR count). The van der Waals surface area contributed by atoms with Crippen LogP contribution in [0, 0.1) is 0 Å². The maximum atomic E-state index is 13.3. The van der Waals surface area contributed by atoms with Crippen molar-refractivity contribution in [2.45, 2.75) is 13.5 Å². The zero-order valence-corrected chi connectivity index (χ0v) is 21.2. The van der Waals surface area contributed by atoms with Crippen molar-refractivity contribution in [2.24, 2.45) is 0 Å². The lowest BCUT2D eigenvalue weighted by Gasteiger charge is -2.26. The molecule has 1 N–H and O–H groups in total. The Kier molecular flexibility index (Phi) is 6.82. The van der Waals surface area contributed by atoms with Gasteiger partial charge in [0, 0.05) is 6.07 Å². The lowest BCUT2D eigenvalue weighted by atomic mass is 10.1. The molecule has 2 heterocycles. The van der Waals surface area contributed by atoms with Crippen LogP contribution in [-0.2, 0) is 16.2 Å². The third-order valence-corrected chi connectivity index (χ3v) is 6.17. The van der Waals surface area contributed by atoms with Crippen molar-refractivity contribution in [3.63, 3.8) is 0 Å². The predicted octanol–water partition coefficient (Wildman–Crippen LogP) is 4.82. The number of fused-ring (bicyclic) bond motifs is 1. The highest BCUT2D eigenvalue weighted by Gasteiger charge is 2.37. The predicted molar refractivity (Wildman–Crippen MR) is 138 cm³/mol. The van der Waals surface area contributed by atoms with Crippen molar-refractivity contribution in [3.05, 3.63) is 81.8 Å². The van der Waals surface area contributed by atoms with E-state index in [0.29, 0.717) is 46.2 Å². The maximum Gasteiger partial charge on any atom is 0.335 e. The zero-order valence-electron chi connectivity index (χ0n) is 19.7. The fourth-order valence-electron chi connectivity index (χ4n) is 3.89. The van der Waals surface area contributed by atoms with Gasteiger partial charge in [-0.25, -0.2) is 9.69 Å². The molecule has 188 valence electrons. The number of halogens is 1. The Morgan fingerprint density at radius 1 is 1.00 bits per heavy atom. The van der Waals surface area contributed by atoms with E-state index in [1.54, 1.807) is 24.3 Å². The van der Waals surface area contributed by atoms with Crippen LogP contribution in [0.3, 0.4) is 0 Å². The standard InChI is InChI=1S/C27H21BrN2O7/c1-2-34-23-12-17(11-20(28)24(23)35-14-16-6-4-3-5-7-16)10-19-25(31)29-27(33)30(26(19)32)18-8-9-21-22(13-18)37-15-36-21/h3-13H,2,14-15H2,1H3,(H,29,31,33)/b19-10+. The molecule has 0 atom stereocenters. The second kappa shape index (κ2) is 10.4. The second-order valence-electron chi connectivity index (χ2n) is 8.03. The van der Waals surface area contributed by atoms with Gasteiger partial charge < -0.3 is 18.9 Å². The normalized spacial score (nSPS) is 15.7. The Morgan fingerprint density at radius 2 is 1.78 bits per heavy atom. The van der Waals surface area contributed by atoms with E-state index in [2.05, 4.69) is 21.2 Å². The molecule has 2 aliphatic heterocycles. The fraction of sp³-hybridized carbons (Fsp3) is 0.148. The Bertz CT molecular complexity index is 1420. The monoisotopic (exact) mass is 564 g/mol. The van der Waals surface area contributed by atoms with Crippen LogP contribution < -0.4 is 29.2 Å². The molecular weight excluding hydrogens is 544 g/mol. The van der Waals surface area contributed by atoms with Crippen molar-refractivity contribution in [3.8, 4) is 23.0 Å². The second-order valence-corrected chi connectivity index (χ2v) is 8.89. The molecule has 2 aliphatic rings. The minimum atomic E-state index is -0.855. The summed E-state index contributed by atoms with van der Waals surface area (Å²) in [6, 6.07) is 16.9. The number of imide groups is 2. The number of carbonyl (C=O) groups is 3. The first-order chi connectivity index (χ1) is 17.9. The van der Waals surface area contributed by atoms with E-state index < -0.39 is 17.8 Å². The summed E-state index contributed by atoms with van der Waals surface area (Å²) >= 11 is 3.51. The lowest BCUT2D eigenvalue weighted by molar-refractivity contribution is -0.122. The molecule has 37 heavy (non-hydrogen) atoms. The van der Waals surface area contributed by atoms with Gasteiger partial charge in [-0.2, -0.15) is 0 Å². The number of barbiturate groups is 1. The van der Waals surface area contributed by atoms with Crippen LogP contribution in [-0.4, -0.2) is 31.2 Å². The summed E-state index contributed by atoms with van der Waals surface area (Å²) in [5.41, 5.74) is 1.51. The Labute approximate surface area is 220 Å². The van der Waals surface area contributed by atoms with Gasteiger partial charge in [0.1, 0.15) is 12.2 Å². The first kappa shape index (κ1) is 24.4. The molecule has 3 aromatic rings. The summed E-state index contributed by atoms with van der Waals surface area (Å²) in [6.07, 6.45) is 1.40. The molecule has 1 fully saturated rings. The molecule has 9 nitrogen and oxygen atoms in total. The van der Waals surface area contributed by atoms with Crippen molar-refractivity contribution in [1.29, 1.82) is 0 Å². The molecular formula is C27H21BrN2O7. The summed E-state index contributed by atoms with van der Waals surface area (Å²) < 4.78 is 23.0. The molecule has 1 saturated heterocycles. The van der Waals surface area contributed by atoms with Gasteiger partial charge in [-0.1, -0.05) is 30.3 Å². The van der Waals surface area contributed by atoms with E-state index in [0.717, 1.165) is 10.5 Å². The Balaban J connectivity index is 1.45. The molecule has 4 amide bonds. The van der Waals surface area contributed by atoms with E-state index >= 15 is 0 Å². The number of hydrogen-bond acceptors (Lipinski definition) is 7. The van der Waals surface area contributed by atoms with E-state index in [1.807, 2.05) is 37.3 Å². The highest BCUT2D eigenvalue weighted by Crippen LogP contribution is 2.39. The number of urea groups is 1. The van der Waals surface area contributed by atoms with Crippen molar-refractivity contribution in [2.75, 3.05) is 18.3 Å². The van der Waals surface area contributed by atoms with Crippen molar-refractivity contribution >= 4 is 45.5 Å². The van der Waals surface area contributed by atoms with Crippen molar-refractivity contribution in [1.82, 2.24) is 5.32 Å². The summed E-state index contributed by atoms with van der Waals surface area (Å²) in [7, 11) is 0. The number of rotatable bonds is 7. The van der Waals surface area contributed by atoms with E-state index in [-0.39, 0.29) is 18.1 Å². The summed E-state index contributed by atoms with van der Waals surface area (Å²) in [4.78, 5) is 39.4. The van der Waals surface area contributed by atoms with Crippen LogP contribution in [0.5, 0.6) is 23.0 Å². The topological polar surface area (TPSA) is 103 Å². The van der Waals surface area contributed by atoms with Gasteiger partial charge in [0.15, 0.2) is 23.0 Å². The molecule has 0 aliphatic carbocycles. The molecule has 0 radical (unpaired) electrons. The Hall–Kier alpha value is -4.31. The van der Waals surface area contributed by atoms with Crippen LogP contribution in [0.15, 0.2) is 70.7 Å². The highest BCUT2D eigenvalue weighted by atomic mass is 79.9. The lowest BCUT2D eigenvalue weighted by Crippen LogP contribution is -2.54. The molecule has 0 spiro atoms. The number of hydrogen-bond donors (Lipinski definition) is 1. The van der Waals surface area contributed by atoms with Gasteiger partial charge in [-0.05, 0) is 64.3 Å². The van der Waals surface area contributed by atoms with Crippen LogP contribution in [0.4, 0.5) is 10.5 Å². The average Bonchev–Trinajstić information content (AvgIpc) is 3.35. The molecule has 0 bridgehead atoms. The molecule has 0 unspecified atom stereocenters. The fourth-order valence-corrected chi connectivity index (χ4v) is 4.46. The number of ether oxygens (including phenoxy) is 4. The van der Waals surface area contributed by atoms with Gasteiger partial charge >= 0.3 is 6.03 Å². The number of carbonyl (C=O) groups excluding carboxylic acids is 3. The third-order valence-electron chi connectivity index (χ3n) is 5.58. The number of nitrogens with one attached hydrogen (secondary N) is 1. The SMILES string of the molecule is CCOc1cc(/C=C2\C(=O)NC(=O)N(c3ccc4c(c3)OCO4)C2=O)cc(Br)c1OCc1ccccc1. The van der Waals surface area contributed by atoms with Crippen LogP contribution in [0.25, 0.3) is 6.08 Å². The van der Waals surface area contributed by atoms with Crippen LogP contribution in [0.1, 0.15) is 18.1 Å². The van der Waals surface area contributed by atoms with Gasteiger partial charge in [0.2, 0.25) is 6.79 Å². The molecule has 0 saturated carbocycles. The molecule has 3 aromatic carbocycles. The number of anilines is 1. The maximum absolute atomic E-state index is 13.3. The highest BCUT2D eigenvalue weighted by molar-refractivity contribution is 9.10. The number of nitrogens with zero attached hydrogens (tertiary/aromatic N) is 1. The van der Waals surface area contributed by atoms with Gasteiger partial charge in [0.05, 0.1) is 16.8 Å². The van der Waals surface area contributed by atoms with Crippen molar-refractivity contribution < 1.29 is 33.3 Å². The Morgan fingerprint density at radius 3 is 2.57 bits per heavy atom. The largest absolute Gasteiger partial charge is 0.490 e. The number of amides is 4. The van der Waals surface area contributed by atoms with E-state index in [1.165, 1.54) is 12.1 Å². The minimum absolute atomic E-state index is 0.0463. The van der Waals surface area contributed by atoms with E-state index in [4.69, 9.17) is 18.9 Å². The first-order valence-electron chi connectivity index (χ1n) is 11.4. The summed E-state index contributed by atoms with van der Waals surface area (Å²) in [5.74, 6) is 0.258.